The lowest BCUT2D eigenvalue weighted by Gasteiger charge is -2.06. The Bertz CT molecular complexity index is 708. The Morgan fingerprint density at radius 3 is 2.58 bits per heavy atom. The second kappa shape index (κ2) is 4.70. The first-order chi connectivity index (χ1) is 9.25. The van der Waals surface area contributed by atoms with Crippen molar-refractivity contribution in [1.29, 1.82) is 0 Å². The Morgan fingerprint density at radius 2 is 1.84 bits per heavy atom. The van der Waals surface area contributed by atoms with E-state index in [0.717, 1.165) is 11.3 Å². The number of nitrogens with two attached hydrogens (primary N) is 1. The third-order valence-corrected chi connectivity index (χ3v) is 3.07. The normalized spacial score (nSPS) is 10.6. The summed E-state index contributed by atoms with van der Waals surface area (Å²) in [4.78, 5) is 0. The maximum absolute atomic E-state index is 5.91. The highest BCUT2D eigenvalue weighted by Crippen LogP contribution is 2.24. The molecule has 1 heterocycles. The summed E-state index contributed by atoms with van der Waals surface area (Å²) in [6.07, 6.45) is 0. The highest BCUT2D eigenvalue weighted by Gasteiger charge is 2.11. The van der Waals surface area contributed by atoms with Gasteiger partial charge < -0.3 is 5.73 Å². The van der Waals surface area contributed by atoms with E-state index in [1.54, 1.807) is 16.8 Å². The predicted molar refractivity (Wildman–Crippen MR) is 74.0 cm³/mol. The molecule has 0 aliphatic carbocycles. The molecular weight excluding hydrogens is 262 g/mol. The van der Waals surface area contributed by atoms with Gasteiger partial charge in [0.25, 0.3) is 0 Å². The number of halogens is 1. The summed E-state index contributed by atoms with van der Waals surface area (Å²) in [6, 6.07) is 15.0. The molecule has 0 atom stereocenters. The average molecular weight is 272 g/mol. The van der Waals surface area contributed by atoms with Crippen LogP contribution in [0.1, 0.15) is 0 Å². The van der Waals surface area contributed by atoms with Crippen LogP contribution in [0.15, 0.2) is 48.5 Å². The molecule has 6 heteroatoms. The number of hydrogen-bond acceptors (Lipinski definition) is 4. The van der Waals surface area contributed by atoms with Crippen LogP contribution < -0.4 is 5.73 Å². The van der Waals surface area contributed by atoms with Gasteiger partial charge in [0.05, 0.1) is 16.4 Å². The van der Waals surface area contributed by atoms with E-state index in [4.69, 9.17) is 17.3 Å². The van der Waals surface area contributed by atoms with E-state index in [0.29, 0.717) is 16.5 Å². The fourth-order valence-corrected chi connectivity index (χ4v) is 1.91. The maximum Gasteiger partial charge on any atom is 0.187 e. The highest BCUT2D eigenvalue weighted by atomic mass is 35.5. The molecule has 0 radical (unpaired) electrons. The van der Waals surface area contributed by atoms with Gasteiger partial charge in [-0.2, -0.15) is 4.68 Å². The largest absolute Gasteiger partial charge is 0.397 e. The topological polar surface area (TPSA) is 69.6 Å². The van der Waals surface area contributed by atoms with Crippen molar-refractivity contribution in [2.45, 2.75) is 0 Å². The number of nitrogens with zero attached hydrogens (tertiary/aromatic N) is 4. The maximum atomic E-state index is 5.91. The van der Waals surface area contributed by atoms with Crippen molar-refractivity contribution in [3.63, 3.8) is 0 Å². The Kier molecular flexibility index (Phi) is 2.89. The van der Waals surface area contributed by atoms with Crippen molar-refractivity contribution in [3.05, 3.63) is 53.6 Å². The monoisotopic (exact) mass is 271 g/mol. The van der Waals surface area contributed by atoms with E-state index in [1.165, 1.54) is 0 Å². The first-order valence-electron chi connectivity index (χ1n) is 5.65. The highest BCUT2D eigenvalue weighted by molar-refractivity contribution is 6.33. The van der Waals surface area contributed by atoms with Gasteiger partial charge in [0.2, 0.25) is 0 Å². The van der Waals surface area contributed by atoms with Gasteiger partial charge in [-0.05, 0) is 28.6 Å². The lowest BCUT2D eigenvalue weighted by Crippen LogP contribution is -2.01. The summed E-state index contributed by atoms with van der Waals surface area (Å²) in [5.74, 6) is 0.655. The zero-order chi connectivity index (χ0) is 13.2. The fraction of sp³-hybridized carbons (Fsp3) is 0. The smallest absolute Gasteiger partial charge is 0.187 e. The first-order valence-corrected chi connectivity index (χ1v) is 6.03. The van der Waals surface area contributed by atoms with Crippen molar-refractivity contribution >= 4 is 17.3 Å². The molecule has 3 rings (SSSR count). The third kappa shape index (κ3) is 2.15. The van der Waals surface area contributed by atoms with Gasteiger partial charge in [-0.1, -0.05) is 41.9 Å². The number of hydrogen-bond donors (Lipinski definition) is 1. The summed E-state index contributed by atoms with van der Waals surface area (Å²) >= 11 is 5.91. The molecule has 3 aromatic rings. The lowest BCUT2D eigenvalue weighted by molar-refractivity contribution is 0.791. The van der Waals surface area contributed by atoms with Crippen molar-refractivity contribution in [3.8, 4) is 17.1 Å². The minimum Gasteiger partial charge on any atom is -0.397 e. The summed E-state index contributed by atoms with van der Waals surface area (Å²) < 4.78 is 1.63. The molecule has 0 bridgehead atoms. The predicted octanol–water partition coefficient (Wildman–Crippen LogP) is 2.56. The van der Waals surface area contributed by atoms with Crippen LogP contribution in [-0.4, -0.2) is 20.2 Å². The first kappa shape index (κ1) is 11.7. The van der Waals surface area contributed by atoms with E-state index in [9.17, 15) is 0 Å². The standard InChI is InChI=1S/C13H10ClN5/c14-11-7-6-10(8-12(11)15)19-13(16-17-18-19)9-4-2-1-3-5-9/h1-8H,15H2. The summed E-state index contributed by atoms with van der Waals surface area (Å²) in [7, 11) is 0. The Morgan fingerprint density at radius 1 is 1.05 bits per heavy atom. The van der Waals surface area contributed by atoms with Gasteiger partial charge in [0.15, 0.2) is 5.82 Å². The van der Waals surface area contributed by atoms with Crippen LogP contribution in [0.5, 0.6) is 0 Å². The lowest BCUT2D eigenvalue weighted by atomic mass is 10.2. The van der Waals surface area contributed by atoms with Crippen LogP contribution >= 0.6 is 11.6 Å². The minimum atomic E-state index is 0.494. The second-order valence-corrected chi connectivity index (χ2v) is 4.39. The molecule has 94 valence electrons. The fourth-order valence-electron chi connectivity index (χ4n) is 1.79. The van der Waals surface area contributed by atoms with Gasteiger partial charge in [0.1, 0.15) is 0 Å². The quantitative estimate of drug-likeness (QED) is 0.727. The van der Waals surface area contributed by atoms with Crippen molar-refractivity contribution in [2.24, 2.45) is 0 Å². The third-order valence-electron chi connectivity index (χ3n) is 2.73. The molecule has 2 aromatic carbocycles. The van der Waals surface area contributed by atoms with E-state index < -0.39 is 0 Å². The van der Waals surface area contributed by atoms with E-state index >= 15 is 0 Å². The van der Waals surface area contributed by atoms with E-state index in [1.807, 2.05) is 36.4 Å². The molecule has 0 fully saturated rings. The van der Waals surface area contributed by atoms with Crippen LogP contribution in [0, 0.1) is 0 Å². The summed E-state index contributed by atoms with van der Waals surface area (Å²) in [6.45, 7) is 0. The molecule has 1 aromatic heterocycles. The Balaban J connectivity index is 2.12. The van der Waals surface area contributed by atoms with E-state index in [-0.39, 0.29) is 0 Å². The molecule has 0 amide bonds. The zero-order valence-electron chi connectivity index (χ0n) is 9.86. The molecule has 19 heavy (non-hydrogen) atoms. The summed E-state index contributed by atoms with van der Waals surface area (Å²) in [5, 5.41) is 12.3. The molecule has 0 unspecified atom stereocenters. The average Bonchev–Trinajstić information content (AvgIpc) is 2.92. The Hall–Kier alpha value is -2.40. The van der Waals surface area contributed by atoms with Crippen LogP contribution in [0.3, 0.4) is 0 Å². The van der Waals surface area contributed by atoms with Crippen LogP contribution in [0.25, 0.3) is 17.1 Å². The number of rotatable bonds is 2. The van der Waals surface area contributed by atoms with Gasteiger partial charge in [0, 0.05) is 5.56 Å². The molecule has 5 nitrogen and oxygen atoms in total. The molecule has 0 spiro atoms. The van der Waals surface area contributed by atoms with Gasteiger partial charge >= 0.3 is 0 Å². The van der Waals surface area contributed by atoms with Crippen molar-refractivity contribution in [1.82, 2.24) is 20.2 Å². The molecule has 0 saturated heterocycles. The summed E-state index contributed by atoms with van der Waals surface area (Å²) in [5.41, 5.74) is 8.00. The minimum absolute atomic E-state index is 0.494. The number of tetrazole rings is 1. The molecule has 0 saturated carbocycles. The molecule has 0 aliphatic heterocycles. The molecule has 2 N–H and O–H groups in total. The zero-order valence-corrected chi connectivity index (χ0v) is 10.6. The number of nitrogen functional groups attached to an aromatic ring is 1. The van der Waals surface area contributed by atoms with Gasteiger partial charge in [-0.15, -0.1) is 5.10 Å². The van der Waals surface area contributed by atoms with Crippen molar-refractivity contribution < 1.29 is 0 Å². The SMILES string of the molecule is Nc1cc(-n2nnnc2-c2ccccc2)ccc1Cl. The second-order valence-electron chi connectivity index (χ2n) is 3.99. The number of benzene rings is 2. The molecular formula is C13H10ClN5. The van der Waals surface area contributed by atoms with E-state index in [2.05, 4.69) is 15.5 Å². The van der Waals surface area contributed by atoms with Crippen molar-refractivity contribution in [2.75, 3.05) is 5.73 Å². The van der Waals surface area contributed by atoms with Crippen LogP contribution in [-0.2, 0) is 0 Å². The Labute approximate surface area is 114 Å². The van der Waals surface area contributed by atoms with Gasteiger partial charge in [-0.25, -0.2) is 0 Å². The van der Waals surface area contributed by atoms with Gasteiger partial charge in [-0.3, -0.25) is 0 Å². The molecule has 0 aliphatic rings. The number of anilines is 1. The number of aromatic nitrogens is 4. The van der Waals surface area contributed by atoms with Crippen LogP contribution in [0.2, 0.25) is 5.02 Å². The van der Waals surface area contributed by atoms with Crippen LogP contribution in [0.4, 0.5) is 5.69 Å².